The van der Waals surface area contributed by atoms with Crippen LogP contribution in [0, 0.1) is 11.3 Å². The fourth-order valence-electron chi connectivity index (χ4n) is 1.82. The molecule has 116 valence electrons. The lowest BCUT2D eigenvalue weighted by atomic mass is 10.2. The van der Waals surface area contributed by atoms with Gasteiger partial charge in [0, 0.05) is 11.1 Å². The summed E-state index contributed by atoms with van der Waals surface area (Å²) in [5.41, 5.74) is 0.944. The molecule has 0 radical (unpaired) electrons. The van der Waals surface area contributed by atoms with E-state index in [-0.39, 0.29) is 16.3 Å². The second-order valence-corrected chi connectivity index (χ2v) is 5.23. The zero-order chi connectivity index (χ0) is 16.8. The van der Waals surface area contributed by atoms with Crippen molar-refractivity contribution in [3.8, 4) is 17.6 Å². The maximum absolute atomic E-state index is 12.2. The molecule has 0 aliphatic carbocycles. The maximum Gasteiger partial charge on any atom is 0.345 e. The molecule has 0 spiro atoms. The predicted molar refractivity (Wildman–Crippen MR) is 89.1 cm³/mol. The van der Waals surface area contributed by atoms with Crippen LogP contribution in [0.2, 0.25) is 10.0 Å². The zero-order valence-electron chi connectivity index (χ0n) is 12.0. The van der Waals surface area contributed by atoms with E-state index >= 15 is 0 Å². The molecule has 0 saturated heterocycles. The quantitative estimate of drug-likeness (QED) is 0.454. The summed E-state index contributed by atoms with van der Waals surface area (Å²) in [6.45, 7) is 0. The van der Waals surface area contributed by atoms with Crippen LogP contribution in [-0.2, 0) is 0 Å². The summed E-state index contributed by atoms with van der Waals surface area (Å²) in [5, 5.41) is 9.17. The van der Waals surface area contributed by atoms with Crippen molar-refractivity contribution in [1.82, 2.24) is 0 Å². The Labute approximate surface area is 143 Å². The smallest absolute Gasteiger partial charge is 0.345 e. The van der Waals surface area contributed by atoms with Gasteiger partial charge >= 0.3 is 5.97 Å². The molecular formula is C17H11Cl2NO3. The summed E-state index contributed by atoms with van der Waals surface area (Å²) in [6, 6.07) is 11.3. The fourth-order valence-corrected chi connectivity index (χ4v) is 2.30. The van der Waals surface area contributed by atoms with Gasteiger partial charge in [-0.15, -0.1) is 0 Å². The molecule has 0 N–H and O–H groups in total. The normalized spacial score (nSPS) is 10.3. The van der Waals surface area contributed by atoms with Gasteiger partial charge in [-0.3, -0.25) is 0 Å². The van der Waals surface area contributed by atoms with Gasteiger partial charge in [0.1, 0.15) is 0 Å². The maximum atomic E-state index is 12.2. The van der Waals surface area contributed by atoms with Gasteiger partial charge in [-0.2, -0.15) is 5.26 Å². The summed E-state index contributed by atoms with van der Waals surface area (Å²) in [5.74, 6) is -0.00793. The van der Waals surface area contributed by atoms with Crippen molar-refractivity contribution >= 4 is 35.2 Å². The first-order valence-electron chi connectivity index (χ1n) is 6.46. The van der Waals surface area contributed by atoms with E-state index in [9.17, 15) is 4.79 Å². The first-order valence-corrected chi connectivity index (χ1v) is 7.22. The highest BCUT2D eigenvalue weighted by molar-refractivity contribution is 6.36. The molecule has 0 unspecified atom stereocenters. The summed E-state index contributed by atoms with van der Waals surface area (Å²) < 4.78 is 10.5. The van der Waals surface area contributed by atoms with Crippen LogP contribution in [0.1, 0.15) is 15.9 Å². The molecule has 0 bridgehead atoms. The highest BCUT2D eigenvalue weighted by atomic mass is 35.5. The zero-order valence-corrected chi connectivity index (χ0v) is 13.6. The number of methoxy groups -OCH3 is 1. The van der Waals surface area contributed by atoms with Crippen LogP contribution < -0.4 is 9.47 Å². The van der Waals surface area contributed by atoms with Crippen LogP contribution in [0.25, 0.3) is 6.08 Å². The number of hydrogen-bond acceptors (Lipinski definition) is 4. The standard InChI is InChI=1S/C17H11Cl2NO3/c1-22-16-9-11(3-2-8-20)4-7-15(16)23-17(21)13-6-5-12(18)10-14(13)19/h2-7,9-10H,1H3/b3-2+. The van der Waals surface area contributed by atoms with Crippen molar-refractivity contribution in [2.75, 3.05) is 7.11 Å². The molecule has 2 rings (SSSR count). The average Bonchev–Trinajstić information content (AvgIpc) is 2.53. The van der Waals surface area contributed by atoms with E-state index in [1.807, 2.05) is 6.07 Å². The third kappa shape index (κ3) is 4.26. The highest BCUT2D eigenvalue weighted by Gasteiger charge is 2.15. The van der Waals surface area contributed by atoms with E-state index in [0.29, 0.717) is 10.8 Å². The van der Waals surface area contributed by atoms with Crippen LogP contribution in [0.3, 0.4) is 0 Å². The van der Waals surface area contributed by atoms with E-state index in [1.165, 1.54) is 25.3 Å². The Morgan fingerprint density at radius 2 is 1.96 bits per heavy atom. The molecule has 0 amide bonds. The minimum Gasteiger partial charge on any atom is -0.493 e. The Balaban J connectivity index is 2.27. The number of hydrogen-bond donors (Lipinski definition) is 0. The van der Waals surface area contributed by atoms with Gasteiger partial charge in [-0.25, -0.2) is 4.79 Å². The van der Waals surface area contributed by atoms with Crippen molar-refractivity contribution < 1.29 is 14.3 Å². The summed E-state index contributed by atoms with van der Waals surface area (Å²) >= 11 is 11.8. The lowest BCUT2D eigenvalue weighted by Gasteiger charge is -2.10. The van der Waals surface area contributed by atoms with E-state index in [0.717, 1.165) is 5.56 Å². The van der Waals surface area contributed by atoms with Gasteiger partial charge in [0.2, 0.25) is 0 Å². The van der Waals surface area contributed by atoms with Gasteiger partial charge in [0.05, 0.1) is 23.8 Å². The average molecular weight is 348 g/mol. The third-order valence-electron chi connectivity index (χ3n) is 2.89. The molecule has 0 aliphatic heterocycles. The molecule has 0 atom stereocenters. The van der Waals surface area contributed by atoms with Crippen molar-refractivity contribution in [2.24, 2.45) is 0 Å². The van der Waals surface area contributed by atoms with Crippen molar-refractivity contribution in [3.05, 3.63) is 63.6 Å². The molecule has 23 heavy (non-hydrogen) atoms. The molecule has 0 fully saturated rings. The van der Waals surface area contributed by atoms with E-state index in [4.69, 9.17) is 37.9 Å². The fraction of sp³-hybridized carbons (Fsp3) is 0.0588. The van der Waals surface area contributed by atoms with Crippen LogP contribution in [-0.4, -0.2) is 13.1 Å². The first-order chi connectivity index (χ1) is 11.0. The topological polar surface area (TPSA) is 59.3 Å². The van der Waals surface area contributed by atoms with Crippen molar-refractivity contribution in [1.29, 1.82) is 5.26 Å². The Morgan fingerprint density at radius 1 is 1.17 bits per heavy atom. The van der Waals surface area contributed by atoms with Crippen LogP contribution >= 0.6 is 23.2 Å². The number of nitriles is 1. The van der Waals surface area contributed by atoms with E-state index in [1.54, 1.807) is 30.3 Å². The van der Waals surface area contributed by atoms with Gasteiger partial charge in [-0.1, -0.05) is 29.3 Å². The molecule has 0 aliphatic rings. The van der Waals surface area contributed by atoms with Crippen LogP contribution in [0.4, 0.5) is 0 Å². The van der Waals surface area contributed by atoms with Gasteiger partial charge in [0.15, 0.2) is 11.5 Å². The lowest BCUT2D eigenvalue weighted by Crippen LogP contribution is -2.10. The molecule has 2 aromatic rings. The number of allylic oxidation sites excluding steroid dienone is 1. The number of carbonyl (C=O) groups excluding carboxylic acids is 1. The Kier molecular flexibility index (Phi) is 5.64. The van der Waals surface area contributed by atoms with Crippen molar-refractivity contribution in [2.45, 2.75) is 0 Å². The molecule has 0 aromatic heterocycles. The van der Waals surface area contributed by atoms with E-state index in [2.05, 4.69) is 0 Å². The third-order valence-corrected chi connectivity index (χ3v) is 3.44. The number of rotatable bonds is 4. The summed E-state index contributed by atoms with van der Waals surface area (Å²) in [4.78, 5) is 12.2. The number of esters is 1. The molecule has 6 heteroatoms. The Bertz CT molecular complexity index is 810. The van der Waals surface area contributed by atoms with Gasteiger partial charge in [-0.05, 0) is 42.0 Å². The minimum absolute atomic E-state index is 0.201. The number of benzene rings is 2. The first kappa shape index (κ1) is 16.9. The molecule has 0 saturated carbocycles. The Morgan fingerprint density at radius 3 is 2.61 bits per heavy atom. The predicted octanol–water partition coefficient (Wildman–Crippen LogP) is 4.76. The van der Waals surface area contributed by atoms with Crippen molar-refractivity contribution in [3.63, 3.8) is 0 Å². The number of ether oxygens (including phenoxy) is 2. The number of carbonyl (C=O) groups is 1. The molecule has 0 heterocycles. The summed E-state index contributed by atoms with van der Waals surface area (Å²) in [6.07, 6.45) is 2.96. The van der Waals surface area contributed by atoms with Crippen LogP contribution in [0.5, 0.6) is 11.5 Å². The van der Waals surface area contributed by atoms with Crippen LogP contribution in [0.15, 0.2) is 42.5 Å². The number of nitrogens with zero attached hydrogens (tertiary/aromatic N) is 1. The lowest BCUT2D eigenvalue weighted by molar-refractivity contribution is 0.0730. The molecule has 4 nitrogen and oxygen atoms in total. The van der Waals surface area contributed by atoms with Gasteiger partial charge in [0.25, 0.3) is 0 Å². The highest BCUT2D eigenvalue weighted by Crippen LogP contribution is 2.30. The number of halogens is 2. The SMILES string of the molecule is COc1cc(/C=C/C#N)ccc1OC(=O)c1ccc(Cl)cc1Cl. The molecular weight excluding hydrogens is 337 g/mol. The minimum atomic E-state index is -0.620. The molecule has 2 aromatic carbocycles. The monoisotopic (exact) mass is 347 g/mol. The Hall–Kier alpha value is -2.48. The van der Waals surface area contributed by atoms with Gasteiger partial charge < -0.3 is 9.47 Å². The summed E-state index contributed by atoms with van der Waals surface area (Å²) in [7, 11) is 1.46. The second kappa shape index (κ2) is 7.68. The largest absolute Gasteiger partial charge is 0.493 e. The van der Waals surface area contributed by atoms with E-state index < -0.39 is 5.97 Å². The second-order valence-electron chi connectivity index (χ2n) is 4.39.